The van der Waals surface area contributed by atoms with Gasteiger partial charge in [-0.1, -0.05) is 18.2 Å². The molecule has 0 atom stereocenters. The van der Waals surface area contributed by atoms with E-state index in [0.717, 1.165) is 11.6 Å². The van der Waals surface area contributed by atoms with E-state index in [-0.39, 0.29) is 24.3 Å². The largest absolute Gasteiger partial charge is 0.351 e. The highest BCUT2D eigenvalue weighted by atomic mass is 16.6. The van der Waals surface area contributed by atoms with E-state index in [9.17, 15) is 24.5 Å². The topological polar surface area (TPSA) is 156 Å². The summed E-state index contributed by atoms with van der Waals surface area (Å²) in [6.45, 7) is -0.0504. The molecule has 27 heavy (non-hydrogen) atoms. The van der Waals surface area contributed by atoms with Gasteiger partial charge in [0.15, 0.2) is 0 Å². The number of nitrogens with two attached hydrogens (primary N) is 1. The standard InChI is InChI=1S/C17H17N5O5/c18-17(25)21-13-6-4-11(5-7-13)9-19-15(23)10-20-16(24)12-2-1-3-14(8-12)22(26)27/h1-8H,9-10H2,(H,19,23)(H,20,24)(H3,18,21,25). The Balaban J connectivity index is 1.80. The predicted octanol–water partition coefficient (Wildman–Crippen LogP) is 1.13. The number of carbonyl (C=O) groups excluding carboxylic acids is 3. The number of non-ortho nitro benzene ring substituents is 1. The number of nitro groups is 1. The minimum Gasteiger partial charge on any atom is -0.351 e. The second-order valence-electron chi connectivity index (χ2n) is 5.45. The Morgan fingerprint density at radius 2 is 1.74 bits per heavy atom. The van der Waals surface area contributed by atoms with Crippen molar-refractivity contribution in [2.45, 2.75) is 6.54 Å². The van der Waals surface area contributed by atoms with Crippen LogP contribution in [0.15, 0.2) is 48.5 Å². The molecule has 0 radical (unpaired) electrons. The van der Waals surface area contributed by atoms with Gasteiger partial charge in [-0.2, -0.15) is 0 Å². The number of nitrogens with zero attached hydrogens (tertiary/aromatic N) is 1. The molecule has 5 N–H and O–H groups in total. The van der Waals surface area contributed by atoms with Crippen molar-refractivity contribution in [2.75, 3.05) is 11.9 Å². The van der Waals surface area contributed by atoms with E-state index in [1.165, 1.54) is 18.2 Å². The molecule has 0 aromatic heterocycles. The van der Waals surface area contributed by atoms with Crippen molar-refractivity contribution in [3.8, 4) is 0 Å². The van der Waals surface area contributed by atoms with Crippen LogP contribution in [0.4, 0.5) is 16.2 Å². The van der Waals surface area contributed by atoms with Crippen molar-refractivity contribution in [1.29, 1.82) is 0 Å². The fourth-order valence-electron chi connectivity index (χ4n) is 2.13. The maximum absolute atomic E-state index is 12.0. The van der Waals surface area contributed by atoms with Crippen LogP contribution in [0.25, 0.3) is 0 Å². The number of hydrogen-bond acceptors (Lipinski definition) is 5. The Morgan fingerprint density at radius 3 is 2.37 bits per heavy atom. The first-order valence-corrected chi connectivity index (χ1v) is 7.80. The second-order valence-corrected chi connectivity index (χ2v) is 5.45. The minimum absolute atomic E-state index is 0.0922. The molecule has 0 saturated heterocycles. The van der Waals surface area contributed by atoms with Crippen molar-refractivity contribution in [1.82, 2.24) is 10.6 Å². The van der Waals surface area contributed by atoms with Crippen LogP contribution in [0.1, 0.15) is 15.9 Å². The molecule has 0 saturated carbocycles. The first kappa shape index (κ1) is 19.4. The molecule has 0 aliphatic rings. The number of anilines is 1. The Bertz CT molecular complexity index is 866. The zero-order chi connectivity index (χ0) is 19.8. The second kappa shape index (κ2) is 8.94. The van der Waals surface area contributed by atoms with Gasteiger partial charge in [-0.3, -0.25) is 19.7 Å². The van der Waals surface area contributed by atoms with E-state index in [0.29, 0.717) is 5.69 Å². The van der Waals surface area contributed by atoms with Crippen LogP contribution in [0.5, 0.6) is 0 Å². The molecular weight excluding hydrogens is 354 g/mol. The molecule has 10 nitrogen and oxygen atoms in total. The van der Waals surface area contributed by atoms with Gasteiger partial charge in [-0.15, -0.1) is 0 Å². The first-order valence-electron chi connectivity index (χ1n) is 7.80. The number of nitro benzene ring substituents is 1. The zero-order valence-corrected chi connectivity index (χ0v) is 14.1. The van der Waals surface area contributed by atoms with Crippen molar-refractivity contribution in [3.63, 3.8) is 0 Å². The van der Waals surface area contributed by atoms with Gasteiger partial charge in [0, 0.05) is 29.9 Å². The number of urea groups is 1. The summed E-state index contributed by atoms with van der Waals surface area (Å²) < 4.78 is 0. The van der Waals surface area contributed by atoms with Gasteiger partial charge in [0.25, 0.3) is 11.6 Å². The highest BCUT2D eigenvalue weighted by molar-refractivity contribution is 5.96. The molecule has 0 unspecified atom stereocenters. The Morgan fingerprint density at radius 1 is 1.04 bits per heavy atom. The molecule has 0 bridgehead atoms. The molecule has 0 aliphatic carbocycles. The van der Waals surface area contributed by atoms with Crippen LogP contribution in [0.2, 0.25) is 0 Å². The third-order valence-electron chi connectivity index (χ3n) is 3.44. The maximum atomic E-state index is 12.0. The molecule has 2 aromatic carbocycles. The smallest absolute Gasteiger partial charge is 0.316 e. The van der Waals surface area contributed by atoms with E-state index >= 15 is 0 Å². The highest BCUT2D eigenvalue weighted by Gasteiger charge is 2.12. The summed E-state index contributed by atoms with van der Waals surface area (Å²) in [5, 5.41) is 18.2. The van der Waals surface area contributed by atoms with Crippen LogP contribution in [0, 0.1) is 10.1 Å². The quantitative estimate of drug-likeness (QED) is 0.424. The maximum Gasteiger partial charge on any atom is 0.316 e. The number of primary amides is 1. The number of carbonyl (C=O) groups is 3. The van der Waals surface area contributed by atoms with E-state index in [4.69, 9.17) is 5.73 Å². The fraction of sp³-hybridized carbons (Fsp3) is 0.118. The number of hydrogen-bond donors (Lipinski definition) is 4. The molecule has 2 rings (SSSR count). The predicted molar refractivity (Wildman–Crippen MR) is 96.9 cm³/mol. The van der Waals surface area contributed by atoms with Crippen molar-refractivity contribution >= 4 is 29.2 Å². The SMILES string of the molecule is NC(=O)Nc1ccc(CNC(=O)CNC(=O)c2cccc([N+](=O)[O-])c2)cc1. The Labute approximate surface area is 153 Å². The summed E-state index contributed by atoms with van der Waals surface area (Å²) in [7, 11) is 0. The lowest BCUT2D eigenvalue weighted by Gasteiger charge is -2.08. The highest BCUT2D eigenvalue weighted by Crippen LogP contribution is 2.13. The molecule has 140 valence electrons. The van der Waals surface area contributed by atoms with Gasteiger partial charge in [-0.05, 0) is 23.8 Å². The minimum atomic E-state index is -0.671. The molecule has 0 heterocycles. The molecule has 2 aromatic rings. The van der Waals surface area contributed by atoms with Gasteiger partial charge in [0.2, 0.25) is 5.91 Å². The molecule has 0 fully saturated rings. The average Bonchev–Trinajstić information content (AvgIpc) is 2.65. The first-order chi connectivity index (χ1) is 12.8. The average molecular weight is 371 g/mol. The molecule has 0 spiro atoms. The van der Waals surface area contributed by atoms with Crippen LogP contribution >= 0.6 is 0 Å². The van der Waals surface area contributed by atoms with Crippen LogP contribution in [-0.4, -0.2) is 29.3 Å². The van der Waals surface area contributed by atoms with E-state index in [1.54, 1.807) is 24.3 Å². The monoisotopic (exact) mass is 371 g/mol. The number of benzene rings is 2. The van der Waals surface area contributed by atoms with E-state index < -0.39 is 22.8 Å². The Hall–Kier alpha value is -3.95. The third-order valence-corrected chi connectivity index (χ3v) is 3.44. The summed E-state index contributed by atoms with van der Waals surface area (Å²) in [6, 6.07) is 11.2. The summed E-state index contributed by atoms with van der Waals surface area (Å²) in [5.74, 6) is -1.01. The molecule has 10 heteroatoms. The van der Waals surface area contributed by atoms with Gasteiger partial charge >= 0.3 is 6.03 Å². The van der Waals surface area contributed by atoms with Crippen molar-refractivity contribution in [3.05, 3.63) is 69.8 Å². The summed E-state index contributed by atoms with van der Waals surface area (Å²) in [6.07, 6.45) is 0. The number of nitrogens with one attached hydrogen (secondary N) is 3. The van der Waals surface area contributed by atoms with Crippen molar-refractivity contribution in [2.24, 2.45) is 5.73 Å². The molecule has 4 amide bonds. The lowest BCUT2D eigenvalue weighted by Crippen LogP contribution is -2.36. The van der Waals surface area contributed by atoms with Gasteiger partial charge in [-0.25, -0.2) is 4.79 Å². The molecular formula is C17H17N5O5. The summed E-state index contributed by atoms with van der Waals surface area (Å²) >= 11 is 0. The van der Waals surface area contributed by atoms with Gasteiger partial charge in [0.05, 0.1) is 11.5 Å². The zero-order valence-electron chi connectivity index (χ0n) is 14.1. The fourth-order valence-corrected chi connectivity index (χ4v) is 2.13. The van der Waals surface area contributed by atoms with Crippen LogP contribution in [0.3, 0.4) is 0 Å². The lowest BCUT2D eigenvalue weighted by molar-refractivity contribution is -0.384. The van der Waals surface area contributed by atoms with Crippen molar-refractivity contribution < 1.29 is 19.3 Å². The van der Waals surface area contributed by atoms with E-state index in [1.807, 2.05) is 0 Å². The van der Waals surface area contributed by atoms with E-state index in [2.05, 4.69) is 16.0 Å². The number of rotatable bonds is 7. The summed E-state index contributed by atoms with van der Waals surface area (Å²) in [5.41, 5.74) is 6.20. The summed E-state index contributed by atoms with van der Waals surface area (Å²) in [4.78, 5) is 44.6. The van der Waals surface area contributed by atoms with Gasteiger partial charge in [0.1, 0.15) is 0 Å². The number of amides is 4. The lowest BCUT2D eigenvalue weighted by atomic mass is 10.2. The normalized spacial score (nSPS) is 9.93. The third kappa shape index (κ3) is 6.12. The van der Waals surface area contributed by atoms with Gasteiger partial charge < -0.3 is 21.7 Å². The van der Waals surface area contributed by atoms with Crippen LogP contribution in [-0.2, 0) is 11.3 Å². The molecule has 0 aliphatic heterocycles. The van der Waals surface area contributed by atoms with Crippen LogP contribution < -0.4 is 21.7 Å². The Kier molecular flexibility index (Phi) is 6.42.